The molecule has 1 heterocycles. The highest BCUT2D eigenvalue weighted by molar-refractivity contribution is 6.07. The number of amides is 2. The van der Waals surface area contributed by atoms with Crippen LogP contribution in [0.25, 0.3) is 0 Å². The van der Waals surface area contributed by atoms with Crippen LogP contribution in [0.1, 0.15) is 44.9 Å². The Morgan fingerprint density at radius 2 is 1.56 bits per heavy atom. The minimum Gasteiger partial charge on any atom is -0.344 e. The topological polar surface area (TPSA) is 84.0 Å². The van der Waals surface area contributed by atoms with Gasteiger partial charge in [0, 0.05) is 18.0 Å². The van der Waals surface area contributed by atoms with Crippen LogP contribution in [0.2, 0.25) is 0 Å². The first-order valence-electron chi connectivity index (χ1n) is 8.59. The summed E-state index contributed by atoms with van der Waals surface area (Å²) in [5.41, 5.74) is 2.58. The predicted octanol–water partition coefficient (Wildman–Crippen LogP) is 3.53. The third-order valence-corrected chi connectivity index (χ3v) is 4.11. The number of benzene rings is 2. The molecule has 0 saturated carbocycles. The fourth-order valence-corrected chi connectivity index (χ4v) is 2.57. The van der Waals surface area contributed by atoms with E-state index in [2.05, 4.69) is 20.6 Å². The van der Waals surface area contributed by atoms with E-state index in [1.807, 2.05) is 56.3 Å². The second-order valence-corrected chi connectivity index (χ2v) is 6.18. The molecule has 3 aromatic rings. The lowest BCUT2D eigenvalue weighted by atomic mass is 10.1. The summed E-state index contributed by atoms with van der Waals surface area (Å²) in [6.07, 6.45) is 2.85. The number of carbonyl (C=O) groups excluding carboxylic acids is 2. The Bertz CT molecular complexity index is 940. The Hall–Kier alpha value is -3.54. The van der Waals surface area contributed by atoms with Crippen molar-refractivity contribution in [1.29, 1.82) is 0 Å². The van der Waals surface area contributed by atoms with Gasteiger partial charge >= 0.3 is 0 Å². The van der Waals surface area contributed by atoms with Crippen molar-refractivity contribution in [2.45, 2.75) is 19.9 Å². The number of hydrogen-bond donors (Lipinski definition) is 2. The first-order chi connectivity index (χ1) is 13.0. The summed E-state index contributed by atoms with van der Waals surface area (Å²) in [6.45, 7) is 3.83. The van der Waals surface area contributed by atoms with Gasteiger partial charge in [0.25, 0.3) is 11.8 Å². The average molecular weight is 360 g/mol. The summed E-state index contributed by atoms with van der Waals surface area (Å²) in [5.74, 6) is -0.625. The van der Waals surface area contributed by atoms with Crippen LogP contribution in [-0.2, 0) is 0 Å². The molecule has 27 heavy (non-hydrogen) atoms. The average Bonchev–Trinajstić information content (AvgIpc) is 2.69. The summed E-state index contributed by atoms with van der Waals surface area (Å²) in [5, 5.41) is 5.55. The van der Waals surface area contributed by atoms with Crippen LogP contribution in [0.3, 0.4) is 0 Å². The second-order valence-electron chi connectivity index (χ2n) is 6.18. The Labute approximate surface area is 157 Å². The molecule has 0 bridgehead atoms. The molecule has 3 rings (SSSR count). The zero-order valence-corrected chi connectivity index (χ0v) is 15.1. The molecule has 1 aromatic heterocycles. The molecule has 0 aliphatic heterocycles. The zero-order valence-electron chi connectivity index (χ0n) is 15.1. The van der Waals surface area contributed by atoms with Crippen LogP contribution in [0.15, 0.2) is 67.0 Å². The number of nitrogens with one attached hydrogen (secondary N) is 2. The van der Waals surface area contributed by atoms with Gasteiger partial charge < -0.3 is 10.6 Å². The van der Waals surface area contributed by atoms with E-state index in [1.54, 1.807) is 12.1 Å². The quantitative estimate of drug-likeness (QED) is 0.729. The number of hydrogen-bond acceptors (Lipinski definition) is 4. The lowest BCUT2D eigenvalue weighted by Gasteiger charge is -2.15. The molecule has 0 saturated heterocycles. The molecular formula is C21H20N4O2. The Kier molecular flexibility index (Phi) is 5.56. The molecule has 136 valence electrons. The normalized spacial score (nSPS) is 11.5. The molecule has 0 aliphatic carbocycles. The largest absolute Gasteiger partial charge is 0.344 e. The van der Waals surface area contributed by atoms with Gasteiger partial charge in [-0.2, -0.15) is 0 Å². The van der Waals surface area contributed by atoms with Crippen LogP contribution in [0, 0.1) is 6.92 Å². The van der Waals surface area contributed by atoms with Crippen LogP contribution in [0.4, 0.5) is 5.82 Å². The SMILES string of the molecule is Cc1ccc(C(=O)Nc2nccnc2C(=O)N[C@H](C)c2ccccc2)cc1. The first-order valence-corrected chi connectivity index (χ1v) is 8.59. The van der Waals surface area contributed by atoms with Gasteiger partial charge in [0.2, 0.25) is 0 Å². The van der Waals surface area contributed by atoms with Crippen molar-refractivity contribution in [2.24, 2.45) is 0 Å². The summed E-state index contributed by atoms with van der Waals surface area (Å²) in [7, 11) is 0. The van der Waals surface area contributed by atoms with E-state index in [1.165, 1.54) is 12.4 Å². The van der Waals surface area contributed by atoms with Gasteiger partial charge in [0.1, 0.15) is 0 Å². The maximum Gasteiger partial charge on any atom is 0.274 e. The molecule has 0 spiro atoms. The molecule has 6 heteroatoms. The summed E-state index contributed by atoms with van der Waals surface area (Å²) < 4.78 is 0. The monoisotopic (exact) mass is 360 g/mol. The maximum atomic E-state index is 12.6. The number of anilines is 1. The highest BCUT2D eigenvalue weighted by Gasteiger charge is 2.19. The zero-order chi connectivity index (χ0) is 19.2. The Balaban J connectivity index is 1.76. The summed E-state index contributed by atoms with van der Waals surface area (Å²) >= 11 is 0. The van der Waals surface area contributed by atoms with Crippen molar-refractivity contribution in [1.82, 2.24) is 15.3 Å². The van der Waals surface area contributed by atoms with Crippen LogP contribution in [0.5, 0.6) is 0 Å². The number of aromatic nitrogens is 2. The lowest BCUT2D eigenvalue weighted by Crippen LogP contribution is -2.29. The van der Waals surface area contributed by atoms with Gasteiger partial charge in [-0.1, -0.05) is 48.0 Å². The van der Waals surface area contributed by atoms with Crippen molar-refractivity contribution in [3.05, 3.63) is 89.4 Å². The van der Waals surface area contributed by atoms with Gasteiger partial charge in [-0.3, -0.25) is 9.59 Å². The second kappa shape index (κ2) is 8.23. The van der Waals surface area contributed by atoms with Crippen LogP contribution >= 0.6 is 0 Å². The van der Waals surface area contributed by atoms with E-state index in [9.17, 15) is 9.59 Å². The maximum absolute atomic E-state index is 12.6. The molecular weight excluding hydrogens is 340 g/mol. The smallest absolute Gasteiger partial charge is 0.274 e. The molecule has 0 aliphatic rings. The summed E-state index contributed by atoms with van der Waals surface area (Å²) in [4.78, 5) is 33.3. The fraction of sp³-hybridized carbons (Fsp3) is 0.143. The third kappa shape index (κ3) is 4.55. The van der Waals surface area contributed by atoms with Crippen molar-refractivity contribution in [3.8, 4) is 0 Å². The molecule has 2 aromatic carbocycles. The number of carbonyl (C=O) groups is 2. The van der Waals surface area contributed by atoms with Crippen LogP contribution < -0.4 is 10.6 Å². The molecule has 2 N–H and O–H groups in total. The minimum atomic E-state index is -0.404. The Morgan fingerprint density at radius 3 is 2.26 bits per heavy atom. The van der Waals surface area contributed by atoms with E-state index in [0.29, 0.717) is 5.56 Å². The van der Waals surface area contributed by atoms with Gasteiger partial charge in [-0.05, 0) is 31.5 Å². The van der Waals surface area contributed by atoms with Crippen molar-refractivity contribution in [3.63, 3.8) is 0 Å². The van der Waals surface area contributed by atoms with Crippen molar-refractivity contribution < 1.29 is 9.59 Å². The van der Waals surface area contributed by atoms with Gasteiger partial charge in [-0.15, -0.1) is 0 Å². The number of aryl methyl sites for hydroxylation is 1. The number of rotatable bonds is 5. The standard InChI is InChI=1S/C21H20N4O2/c1-14-8-10-17(11-9-14)20(26)25-19-18(22-12-13-23-19)21(27)24-15(2)16-6-4-3-5-7-16/h3-13,15H,1-2H3,(H,24,27)(H,23,25,26)/t15-/m1/s1. The Morgan fingerprint density at radius 1 is 0.889 bits per heavy atom. The van der Waals surface area contributed by atoms with Crippen molar-refractivity contribution in [2.75, 3.05) is 5.32 Å². The van der Waals surface area contributed by atoms with Crippen LogP contribution in [-0.4, -0.2) is 21.8 Å². The predicted molar refractivity (Wildman–Crippen MR) is 103 cm³/mol. The summed E-state index contributed by atoms with van der Waals surface area (Å²) in [6, 6.07) is 16.5. The minimum absolute atomic E-state index is 0.0701. The molecule has 0 radical (unpaired) electrons. The highest BCUT2D eigenvalue weighted by Crippen LogP contribution is 2.15. The van der Waals surface area contributed by atoms with Gasteiger partial charge in [-0.25, -0.2) is 9.97 Å². The highest BCUT2D eigenvalue weighted by atomic mass is 16.2. The van der Waals surface area contributed by atoms with Gasteiger partial charge in [0.15, 0.2) is 11.5 Å². The fourth-order valence-electron chi connectivity index (χ4n) is 2.57. The third-order valence-electron chi connectivity index (χ3n) is 4.11. The van der Waals surface area contributed by atoms with E-state index < -0.39 is 5.91 Å². The molecule has 1 atom stereocenters. The van der Waals surface area contributed by atoms with Crippen molar-refractivity contribution >= 4 is 17.6 Å². The van der Waals surface area contributed by atoms with E-state index in [-0.39, 0.29) is 23.5 Å². The number of nitrogens with zero attached hydrogens (tertiary/aromatic N) is 2. The molecule has 6 nitrogen and oxygen atoms in total. The van der Waals surface area contributed by atoms with E-state index in [4.69, 9.17) is 0 Å². The first kappa shape index (κ1) is 18.3. The molecule has 2 amide bonds. The van der Waals surface area contributed by atoms with E-state index in [0.717, 1.165) is 11.1 Å². The van der Waals surface area contributed by atoms with E-state index >= 15 is 0 Å². The van der Waals surface area contributed by atoms with Gasteiger partial charge in [0.05, 0.1) is 6.04 Å². The molecule has 0 unspecified atom stereocenters. The lowest BCUT2D eigenvalue weighted by molar-refractivity contribution is 0.0935. The molecule has 0 fully saturated rings.